The number of rotatable bonds is 7. The number of hydrogen-bond acceptors (Lipinski definition) is 6. The first-order chi connectivity index (χ1) is 13.8. The predicted octanol–water partition coefficient (Wildman–Crippen LogP) is 3.96. The summed E-state index contributed by atoms with van der Waals surface area (Å²) in [5.41, 5.74) is -0.429. The highest BCUT2D eigenvalue weighted by molar-refractivity contribution is 7.73. The van der Waals surface area contributed by atoms with Crippen LogP contribution in [0.15, 0.2) is 53.9 Å². The zero-order valence-electron chi connectivity index (χ0n) is 15.6. The fourth-order valence-corrected chi connectivity index (χ4v) is 3.68. The maximum Gasteiger partial charge on any atom is 0.266 e. The highest BCUT2D eigenvalue weighted by Crippen LogP contribution is 2.32. The summed E-state index contributed by atoms with van der Waals surface area (Å²) in [5.74, 6) is -0.921. The van der Waals surface area contributed by atoms with Crippen LogP contribution in [0.5, 0.6) is 0 Å². The van der Waals surface area contributed by atoms with Gasteiger partial charge in [-0.2, -0.15) is 0 Å². The van der Waals surface area contributed by atoms with Crippen LogP contribution in [-0.4, -0.2) is 19.3 Å². The summed E-state index contributed by atoms with van der Waals surface area (Å²) in [6.45, 7) is 3.02. The highest BCUT2D eigenvalue weighted by Gasteiger charge is 2.35. The van der Waals surface area contributed by atoms with E-state index in [9.17, 15) is 13.2 Å². The molecule has 1 aromatic heterocycles. The number of thiol groups is 1. The number of benzene rings is 2. The van der Waals surface area contributed by atoms with E-state index in [1.54, 1.807) is 24.3 Å². The van der Waals surface area contributed by atoms with Crippen LogP contribution in [0.3, 0.4) is 0 Å². The lowest BCUT2D eigenvalue weighted by Crippen LogP contribution is -2.33. The van der Waals surface area contributed by atoms with Gasteiger partial charge < -0.3 is 10.6 Å². The largest absolute Gasteiger partial charge is 0.332 e. The van der Waals surface area contributed by atoms with Crippen molar-refractivity contribution in [2.24, 2.45) is 0 Å². The first-order valence-electron chi connectivity index (χ1n) is 8.56. The van der Waals surface area contributed by atoms with E-state index in [4.69, 9.17) is 0 Å². The number of nitrogens with zero attached hydrogens (tertiary/aromatic N) is 1. The standard InChI is InChI=1S/C19H19FN4O3S2/c1-12-11-28-18(21-12)22-14-7-5-6-13(10-14)19(2,20)17(25)23-15-8-3-4-9-16(15)24-29(26)27/h3-11,29H,1-2H3,(H,21,22)(H,23,25)(H,24,26,27). The van der Waals surface area contributed by atoms with E-state index >= 15 is 4.39 Å². The molecule has 29 heavy (non-hydrogen) atoms. The molecule has 3 rings (SSSR count). The highest BCUT2D eigenvalue weighted by atomic mass is 32.2. The maximum absolute atomic E-state index is 15.4. The number of aryl methyl sites for hydroxylation is 1. The lowest BCUT2D eigenvalue weighted by atomic mass is 9.96. The number of amides is 1. The van der Waals surface area contributed by atoms with Crippen LogP contribution in [0.2, 0.25) is 0 Å². The first kappa shape index (κ1) is 20.7. The van der Waals surface area contributed by atoms with Gasteiger partial charge in [-0.1, -0.05) is 24.3 Å². The molecular weight excluding hydrogens is 415 g/mol. The second kappa shape index (κ2) is 8.58. The molecule has 0 saturated heterocycles. The van der Waals surface area contributed by atoms with Gasteiger partial charge in [-0.25, -0.2) is 17.8 Å². The third kappa shape index (κ3) is 5.09. The summed E-state index contributed by atoms with van der Waals surface area (Å²) < 4.78 is 39.5. The molecule has 0 spiro atoms. The van der Waals surface area contributed by atoms with Gasteiger partial charge in [0.25, 0.3) is 5.91 Å². The molecule has 1 heterocycles. The Morgan fingerprint density at radius 3 is 2.52 bits per heavy atom. The van der Waals surface area contributed by atoms with Crippen molar-refractivity contribution in [1.29, 1.82) is 0 Å². The van der Waals surface area contributed by atoms with Crippen LogP contribution in [0.1, 0.15) is 18.2 Å². The average Bonchev–Trinajstić information content (AvgIpc) is 3.07. The Bertz CT molecular complexity index is 1100. The summed E-state index contributed by atoms with van der Waals surface area (Å²) in [4.78, 5) is 16.9. The Balaban J connectivity index is 1.81. The summed E-state index contributed by atoms with van der Waals surface area (Å²) in [6.07, 6.45) is 0. The number of para-hydroxylation sites is 2. The Morgan fingerprint density at radius 2 is 1.86 bits per heavy atom. The molecule has 1 amide bonds. The average molecular weight is 435 g/mol. The summed E-state index contributed by atoms with van der Waals surface area (Å²) in [6, 6.07) is 12.6. The third-order valence-electron chi connectivity index (χ3n) is 4.09. The van der Waals surface area contributed by atoms with E-state index in [0.29, 0.717) is 10.8 Å². The summed E-state index contributed by atoms with van der Waals surface area (Å²) in [7, 11) is -2.93. The summed E-state index contributed by atoms with van der Waals surface area (Å²) >= 11 is 1.42. The van der Waals surface area contributed by atoms with Gasteiger partial charge in [0.1, 0.15) is 0 Å². The van der Waals surface area contributed by atoms with Gasteiger partial charge >= 0.3 is 0 Å². The second-order valence-electron chi connectivity index (χ2n) is 6.37. The third-order valence-corrected chi connectivity index (χ3v) is 5.39. The van der Waals surface area contributed by atoms with Gasteiger partial charge in [-0.15, -0.1) is 11.3 Å². The van der Waals surface area contributed by atoms with Gasteiger partial charge in [0.2, 0.25) is 16.6 Å². The molecule has 152 valence electrons. The number of nitrogens with one attached hydrogen (secondary N) is 3. The van der Waals surface area contributed by atoms with Crippen LogP contribution in [0.25, 0.3) is 0 Å². The minimum absolute atomic E-state index is 0.147. The predicted molar refractivity (Wildman–Crippen MR) is 114 cm³/mol. The first-order valence-corrected chi connectivity index (χ1v) is 10.6. The number of alkyl halides is 1. The van der Waals surface area contributed by atoms with Crippen LogP contribution in [0.4, 0.5) is 26.6 Å². The van der Waals surface area contributed by atoms with Crippen molar-refractivity contribution in [3.8, 4) is 0 Å². The number of aromatic nitrogens is 1. The number of anilines is 4. The number of carbonyl (C=O) groups is 1. The van der Waals surface area contributed by atoms with Crippen molar-refractivity contribution in [3.05, 3.63) is 65.2 Å². The lowest BCUT2D eigenvalue weighted by molar-refractivity contribution is -0.126. The fourth-order valence-electron chi connectivity index (χ4n) is 2.58. The van der Waals surface area contributed by atoms with Gasteiger partial charge in [0.15, 0.2) is 5.13 Å². The molecule has 3 N–H and O–H groups in total. The zero-order chi connectivity index (χ0) is 21.0. The fraction of sp³-hybridized carbons (Fsp3) is 0.158. The van der Waals surface area contributed by atoms with Crippen LogP contribution >= 0.6 is 11.3 Å². The molecule has 7 nitrogen and oxygen atoms in total. The number of carbonyl (C=O) groups excluding carboxylic acids is 1. The SMILES string of the molecule is Cc1csc(Nc2cccc(C(C)(F)C(=O)Nc3ccccc3N[SH](=O)=O)c2)n1. The Morgan fingerprint density at radius 1 is 1.14 bits per heavy atom. The monoisotopic (exact) mass is 434 g/mol. The van der Waals surface area contributed by atoms with Crippen LogP contribution in [0, 0.1) is 6.92 Å². The Kier molecular flexibility index (Phi) is 6.14. The van der Waals surface area contributed by atoms with Gasteiger partial charge in [0.05, 0.1) is 17.1 Å². The zero-order valence-corrected chi connectivity index (χ0v) is 17.3. The van der Waals surface area contributed by atoms with E-state index in [0.717, 1.165) is 12.6 Å². The van der Waals surface area contributed by atoms with E-state index in [-0.39, 0.29) is 16.9 Å². The van der Waals surface area contributed by atoms with E-state index in [1.165, 1.54) is 35.6 Å². The molecule has 0 aliphatic carbocycles. The van der Waals surface area contributed by atoms with Gasteiger partial charge in [0, 0.05) is 16.6 Å². The van der Waals surface area contributed by atoms with Crippen LogP contribution in [-0.2, 0) is 21.4 Å². The molecule has 2 aromatic carbocycles. The lowest BCUT2D eigenvalue weighted by Gasteiger charge is -2.21. The van der Waals surface area contributed by atoms with Crippen molar-refractivity contribution >= 4 is 50.3 Å². The van der Waals surface area contributed by atoms with Crippen molar-refractivity contribution < 1.29 is 17.6 Å². The van der Waals surface area contributed by atoms with Crippen molar-refractivity contribution in [3.63, 3.8) is 0 Å². The maximum atomic E-state index is 15.4. The Labute approximate surface area is 173 Å². The van der Waals surface area contributed by atoms with E-state index in [2.05, 4.69) is 20.3 Å². The van der Waals surface area contributed by atoms with Crippen molar-refractivity contribution in [2.75, 3.05) is 15.4 Å². The summed E-state index contributed by atoms with van der Waals surface area (Å²) in [5, 5.41) is 8.09. The molecule has 1 atom stereocenters. The second-order valence-corrected chi connectivity index (χ2v) is 7.97. The normalized spacial score (nSPS) is 13.0. The molecule has 3 aromatic rings. The molecule has 1 unspecified atom stereocenters. The number of hydrogen-bond donors (Lipinski definition) is 4. The minimum Gasteiger partial charge on any atom is -0.332 e. The van der Waals surface area contributed by atoms with Crippen molar-refractivity contribution in [2.45, 2.75) is 19.5 Å². The molecule has 0 fully saturated rings. The molecule has 0 aliphatic heterocycles. The molecule has 0 aliphatic rings. The minimum atomic E-state index is -2.93. The molecular formula is C19H19FN4O3S2. The molecule has 0 radical (unpaired) electrons. The smallest absolute Gasteiger partial charge is 0.266 e. The molecule has 10 heteroatoms. The number of halogens is 1. The molecule has 0 saturated carbocycles. The number of thiazole rings is 1. The van der Waals surface area contributed by atoms with Crippen molar-refractivity contribution in [1.82, 2.24) is 4.98 Å². The van der Waals surface area contributed by atoms with Gasteiger partial charge in [-0.3, -0.25) is 9.52 Å². The van der Waals surface area contributed by atoms with Crippen LogP contribution < -0.4 is 15.4 Å². The quantitative estimate of drug-likeness (QED) is 0.422. The van der Waals surface area contributed by atoms with E-state index in [1.807, 2.05) is 12.3 Å². The van der Waals surface area contributed by atoms with Gasteiger partial charge in [-0.05, 0) is 38.1 Å². The van der Waals surface area contributed by atoms with E-state index < -0.39 is 22.5 Å². The Hall–Kier alpha value is -2.98. The topological polar surface area (TPSA) is 100 Å². The molecule has 0 bridgehead atoms.